The highest BCUT2D eigenvalue weighted by Crippen LogP contribution is 1.98. The number of amides is 3. The quantitative estimate of drug-likeness (QED) is 0.585. The third-order valence-electron chi connectivity index (χ3n) is 1.83. The first-order valence-corrected chi connectivity index (χ1v) is 5.30. The van der Waals surface area contributed by atoms with Crippen LogP contribution in [-0.2, 0) is 9.59 Å². The highest BCUT2D eigenvalue weighted by atomic mass is 16.4. The number of rotatable bonds is 6. The van der Waals surface area contributed by atoms with Crippen molar-refractivity contribution >= 4 is 17.9 Å². The molecular weight excluding hydrogens is 226 g/mol. The van der Waals surface area contributed by atoms with Crippen molar-refractivity contribution in [3.05, 3.63) is 0 Å². The molecule has 0 saturated heterocycles. The summed E-state index contributed by atoms with van der Waals surface area (Å²) in [6.07, 6.45) is 0. The SMILES string of the molecule is CNC(=O)NC(=O)CN(CC(=O)O)CC(C)C. The van der Waals surface area contributed by atoms with Crippen molar-refractivity contribution in [3.63, 3.8) is 0 Å². The van der Waals surface area contributed by atoms with Crippen LogP contribution in [0.2, 0.25) is 0 Å². The molecule has 0 spiro atoms. The Morgan fingerprint density at radius 1 is 1.24 bits per heavy atom. The van der Waals surface area contributed by atoms with Gasteiger partial charge in [0, 0.05) is 13.6 Å². The second-order valence-electron chi connectivity index (χ2n) is 4.08. The van der Waals surface area contributed by atoms with Gasteiger partial charge in [-0.25, -0.2) is 4.79 Å². The lowest BCUT2D eigenvalue weighted by atomic mass is 10.2. The number of aliphatic carboxylic acids is 1. The van der Waals surface area contributed by atoms with E-state index in [1.807, 2.05) is 13.8 Å². The average Bonchev–Trinajstić information content (AvgIpc) is 2.14. The second-order valence-corrected chi connectivity index (χ2v) is 4.08. The molecule has 0 bridgehead atoms. The van der Waals surface area contributed by atoms with Gasteiger partial charge in [-0.05, 0) is 5.92 Å². The Balaban J connectivity index is 4.26. The number of carbonyl (C=O) groups is 3. The Bertz CT molecular complexity index is 291. The summed E-state index contributed by atoms with van der Waals surface area (Å²) in [4.78, 5) is 34.3. The van der Waals surface area contributed by atoms with Gasteiger partial charge in [0.05, 0.1) is 13.1 Å². The Kier molecular flexibility index (Phi) is 6.88. The summed E-state index contributed by atoms with van der Waals surface area (Å²) in [5.41, 5.74) is 0. The topological polar surface area (TPSA) is 98.7 Å². The third kappa shape index (κ3) is 8.21. The highest BCUT2D eigenvalue weighted by molar-refractivity contribution is 5.95. The molecule has 3 amide bonds. The zero-order chi connectivity index (χ0) is 13.4. The van der Waals surface area contributed by atoms with Crippen LogP contribution in [0, 0.1) is 5.92 Å². The highest BCUT2D eigenvalue weighted by Gasteiger charge is 2.16. The van der Waals surface area contributed by atoms with Crippen LogP contribution < -0.4 is 10.6 Å². The molecule has 98 valence electrons. The van der Waals surface area contributed by atoms with Crippen LogP contribution in [0.1, 0.15) is 13.8 Å². The fourth-order valence-electron chi connectivity index (χ4n) is 1.32. The molecule has 3 N–H and O–H groups in total. The van der Waals surface area contributed by atoms with Gasteiger partial charge in [0.2, 0.25) is 5.91 Å². The van der Waals surface area contributed by atoms with Gasteiger partial charge in [0.1, 0.15) is 0 Å². The van der Waals surface area contributed by atoms with E-state index in [1.165, 1.54) is 11.9 Å². The Hall–Kier alpha value is -1.63. The lowest BCUT2D eigenvalue weighted by Crippen LogP contribution is -2.45. The molecule has 0 aliphatic heterocycles. The molecule has 7 nitrogen and oxygen atoms in total. The number of hydrogen-bond acceptors (Lipinski definition) is 4. The lowest BCUT2D eigenvalue weighted by Gasteiger charge is -2.21. The number of carbonyl (C=O) groups excluding carboxylic acids is 2. The van der Waals surface area contributed by atoms with Crippen molar-refractivity contribution in [2.24, 2.45) is 5.92 Å². The van der Waals surface area contributed by atoms with E-state index in [-0.39, 0.29) is 19.0 Å². The van der Waals surface area contributed by atoms with Gasteiger partial charge in [0.15, 0.2) is 0 Å². The number of nitrogens with one attached hydrogen (secondary N) is 2. The molecule has 0 saturated carbocycles. The molecule has 0 unspecified atom stereocenters. The first-order valence-electron chi connectivity index (χ1n) is 5.30. The second kappa shape index (κ2) is 7.61. The predicted molar refractivity (Wildman–Crippen MR) is 61.5 cm³/mol. The first-order chi connectivity index (χ1) is 7.85. The normalized spacial score (nSPS) is 10.4. The smallest absolute Gasteiger partial charge is 0.321 e. The van der Waals surface area contributed by atoms with Gasteiger partial charge in [0.25, 0.3) is 0 Å². The molecule has 0 heterocycles. The van der Waals surface area contributed by atoms with E-state index in [0.717, 1.165) is 0 Å². The van der Waals surface area contributed by atoms with Crippen molar-refractivity contribution < 1.29 is 19.5 Å². The fourth-order valence-corrected chi connectivity index (χ4v) is 1.32. The molecule has 0 aromatic rings. The number of imide groups is 1. The maximum Gasteiger partial charge on any atom is 0.321 e. The van der Waals surface area contributed by atoms with E-state index in [9.17, 15) is 14.4 Å². The third-order valence-corrected chi connectivity index (χ3v) is 1.83. The molecule has 0 rings (SSSR count). The summed E-state index contributed by atoms with van der Waals surface area (Å²) in [7, 11) is 1.39. The molecule has 0 atom stereocenters. The van der Waals surface area contributed by atoms with Crippen molar-refractivity contribution in [2.75, 3.05) is 26.7 Å². The number of carboxylic acids is 1. The lowest BCUT2D eigenvalue weighted by molar-refractivity contribution is -0.138. The van der Waals surface area contributed by atoms with Crippen LogP contribution in [0.5, 0.6) is 0 Å². The summed E-state index contributed by atoms with van der Waals surface area (Å²) < 4.78 is 0. The summed E-state index contributed by atoms with van der Waals surface area (Å²) in [6, 6.07) is -0.602. The van der Waals surface area contributed by atoms with Crippen LogP contribution in [0.15, 0.2) is 0 Å². The van der Waals surface area contributed by atoms with E-state index < -0.39 is 17.9 Å². The van der Waals surface area contributed by atoms with Crippen LogP contribution in [0.4, 0.5) is 4.79 Å². The molecule has 0 aromatic carbocycles. The zero-order valence-electron chi connectivity index (χ0n) is 10.3. The van der Waals surface area contributed by atoms with E-state index in [1.54, 1.807) is 0 Å². The van der Waals surface area contributed by atoms with Crippen molar-refractivity contribution in [3.8, 4) is 0 Å². The molecule has 0 aliphatic carbocycles. The molecule has 0 aliphatic rings. The molecule has 0 radical (unpaired) electrons. The van der Waals surface area contributed by atoms with Gasteiger partial charge in [-0.15, -0.1) is 0 Å². The maximum absolute atomic E-state index is 11.4. The van der Waals surface area contributed by atoms with E-state index in [0.29, 0.717) is 6.54 Å². The molecule has 7 heteroatoms. The maximum atomic E-state index is 11.4. The van der Waals surface area contributed by atoms with Gasteiger partial charge < -0.3 is 10.4 Å². The van der Waals surface area contributed by atoms with Gasteiger partial charge >= 0.3 is 12.0 Å². The summed E-state index contributed by atoms with van der Waals surface area (Å²) >= 11 is 0. The number of urea groups is 1. The number of hydrogen-bond donors (Lipinski definition) is 3. The van der Waals surface area contributed by atoms with Crippen molar-refractivity contribution in [1.29, 1.82) is 0 Å². The van der Waals surface area contributed by atoms with Crippen LogP contribution in [0.3, 0.4) is 0 Å². The van der Waals surface area contributed by atoms with E-state index >= 15 is 0 Å². The minimum atomic E-state index is -1.00. The van der Waals surface area contributed by atoms with Gasteiger partial charge in [-0.1, -0.05) is 13.8 Å². The molecule has 0 fully saturated rings. The van der Waals surface area contributed by atoms with E-state index in [2.05, 4.69) is 10.6 Å². The van der Waals surface area contributed by atoms with Crippen LogP contribution >= 0.6 is 0 Å². The minimum Gasteiger partial charge on any atom is -0.480 e. The zero-order valence-corrected chi connectivity index (χ0v) is 10.3. The summed E-state index contributed by atoms with van der Waals surface area (Å²) in [5, 5.41) is 13.0. The van der Waals surface area contributed by atoms with Crippen molar-refractivity contribution in [1.82, 2.24) is 15.5 Å². The number of carboxylic acid groups (broad SMARTS) is 1. The van der Waals surface area contributed by atoms with E-state index in [4.69, 9.17) is 5.11 Å². The summed E-state index contributed by atoms with van der Waals surface area (Å²) in [5.74, 6) is -1.29. The predicted octanol–water partition coefficient (Wildman–Crippen LogP) is -0.515. The van der Waals surface area contributed by atoms with Gasteiger partial charge in [-0.2, -0.15) is 0 Å². The van der Waals surface area contributed by atoms with Crippen LogP contribution in [0.25, 0.3) is 0 Å². The first kappa shape index (κ1) is 15.4. The average molecular weight is 245 g/mol. The Morgan fingerprint density at radius 2 is 1.82 bits per heavy atom. The Morgan fingerprint density at radius 3 is 2.24 bits per heavy atom. The molecule has 17 heavy (non-hydrogen) atoms. The summed E-state index contributed by atoms with van der Waals surface area (Å²) in [6.45, 7) is 3.99. The molecule has 0 aromatic heterocycles. The van der Waals surface area contributed by atoms with Gasteiger partial charge in [-0.3, -0.25) is 19.8 Å². The minimum absolute atomic E-state index is 0.113. The largest absolute Gasteiger partial charge is 0.480 e. The van der Waals surface area contributed by atoms with Crippen molar-refractivity contribution in [2.45, 2.75) is 13.8 Å². The monoisotopic (exact) mass is 245 g/mol. The Labute approximate surface area is 100 Å². The van der Waals surface area contributed by atoms with Crippen LogP contribution in [-0.4, -0.2) is 54.6 Å². The standard InChI is InChI=1S/C10H19N3O4/c1-7(2)4-13(6-9(15)16)5-8(14)12-10(17)11-3/h7H,4-6H2,1-3H3,(H,15,16)(H2,11,12,14,17). The fraction of sp³-hybridized carbons (Fsp3) is 0.700. The number of nitrogens with zero attached hydrogens (tertiary/aromatic N) is 1. The molecular formula is C10H19N3O4.